The first-order valence-electron chi connectivity index (χ1n) is 7.89. The van der Waals surface area contributed by atoms with Crippen molar-refractivity contribution in [1.29, 1.82) is 0 Å². The van der Waals surface area contributed by atoms with Gasteiger partial charge >= 0.3 is 0 Å². The molecule has 0 spiro atoms. The summed E-state index contributed by atoms with van der Waals surface area (Å²) < 4.78 is 5.67. The molecule has 0 saturated carbocycles. The molecule has 0 fully saturated rings. The van der Waals surface area contributed by atoms with Gasteiger partial charge in [-0.15, -0.1) is 5.53 Å². The van der Waals surface area contributed by atoms with Crippen molar-refractivity contribution in [2.45, 2.75) is 19.9 Å². The summed E-state index contributed by atoms with van der Waals surface area (Å²) in [5.74, 6) is 0.570. The van der Waals surface area contributed by atoms with Gasteiger partial charge in [-0.05, 0) is 38.1 Å². The molecule has 0 unspecified atom stereocenters. The number of nitrogens with one attached hydrogen (secondary N) is 2. The van der Waals surface area contributed by atoms with E-state index >= 15 is 0 Å². The highest BCUT2D eigenvalue weighted by Gasteiger charge is 2.22. The predicted octanol–water partition coefficient (Wildman–Crippen LogP) is 3.65. The first-order valence-corrected chi connectivity index (χ1v) is 7.89. The smallest absolute Gasteiger partial charge is 0.226 e. The Morgan fingerprint density at radius 1 is 1.17 bits per heavy atom. The second-order valence-electron chi connectivity index (χ2n) is 6.06. The van der Waals surface area contributed by atoms with E-state index in [1.807, 2.05) is 36.4 Å². The predicted molar refractivity (Wildman–Crippen MR) is 96.2 cm³/mol. The molecule has 1 aromatic heterocycles. The van der Waals surface area contributed by atoms with Gasteiger partial charge in [0.1, 0.15) is 12.0 Å². The zero-order chi connectivity index (χ0) is 16.7. The van der Waals surface area contributed by atoms with Crippen molar-refractivity contribution in [3.05, 3.63) is 48.7 Å². The monoisotopic (exact) mass is 321 g/mol. The molecule has 24 heavy (non-hydrogen) atoms. The van der Waals surface area contributed by atoms with Crippen LogP contribution in [0.1, 0.15) is 13.8 Å². The van der Waals surface area contributed by atoms with E-state index in [-0.39, 0.29) is 0 Å². The Hall–Kier alpha value is -2.99. The molecular weight excluding hydrogens is 302 g/mol. The second-order valence-corrected chi connectivity index (χ2v) is 6.06. The maximum atomic E-state index is 6.01. The SMILES string of the molecule is CC(C)N1NNc2cc(-c3nc(-c4ccccc4N)co3)ccc21. The fourth-order valence-electron chi connectivity index (χ4n) is 2.83. The van der Waals surface area contributed by atoms with Gasteiger partial charge in [0.05, 0.1) is 11.4 Å². The van der Waals surface area contributed by atoms with E-state index < -0.39 is 0 Å². The number of nitrogen functional groups attached to an aromatic ring is 1. The van der Waals surface area contributed by atoms with Gasteiger partial charge in [-0.1, -0.05) is 18.2 Å². The van der Waals surface area contributed by atoms with Crippen LogP contribution in [-0.2, 0) is 0 Å². The Morgan fingerprint density at radius 3 is 2.79 bits per heavy atom. The third-order valence-electron chi connectivity index (χ3n) is 4.07. The van der Waals surface area contributed by atoms with E-state index in [1.54, 1.807) is 6.26 Å². The van der Waals surface area contributed by atoms with Gasteiger partial charge in [0, 0.05) is 22.9 Å². The fourth-order valence-corrected chi connectivity index (χ4v) is 2.83. The Balaban J connectivity index is 1.68. The summed E-state index contributed by atoms with van der Waals surface area (Å²) >= 11 is 0. The largest absolute Gasteiger partial charge is 0.444 e. The van der Waals surface area contributed by atoms with Crippen LogP contribution in [0.4, 0.5) is 17.1 Å². The summed E-state index contributed by atoms with van der Waals surface area (Å²) in [7, 11) is 0. The number of hydrogen-bond acceptors (Lipinski definition) is 6. The second kappa shape index (κ2) is 5.58. The lowest BCUT2D eigenvalue weighted by molar-refractivity contribution is 0.575. The molecule has 2 aromatic carbocycles. The van der Waals surface area contributed by atoms with E-state index in [4.69, 9.17) is 10.2 Å². The van der Waals surface area contributed by atoms with Gasteiger partial charge in [-0.2, -0.15) is 0 Å². The van der Waals surface area contributed by atoms with E-state index in [2.05, 4.69) is 40.9 Å². The average molecular weight is 321 g/mol. The number of hydrogen-bond donors (Lipinski definition) is 3. The molecule has 0 atom stereocenters. The molecule has 0 bridgehead atoms. The summed E-state index contributed by atoms with van der Waals surface area (Å²) in [6.07, 6.45) is 1.64. The summed E-state index contributed by atoms with van der Waals surface area (Å²) in [5, 5.41) is 2.07. The zero-order valence-corrected chi connectivity index (χ0v) is 13.6. The van der Waals surface area contributed by atoms with Gasteiger partial charge in [0.25, 0.3) is 0 Å². The number of benzene rings is 2. The molecule has 1 aliphatic rings. The van der Waals surface area contributed by atoms with Crippen LogP contribution < -0.4 is 21.7 Å². The zero-order valence-electron chi connectivity index (χ0n) is 13.6. The van der Waals surface area contributed by atoms with Crippen LogP contribution in [0.25, 0.3) is 22.7 Å². The highest BCUT2D eigenvalue weighted by Crippen LogP contribution is 2.35. The highest BCUT2D eigenvalue weighted by atomic mass is 16.3. The molecule has 3 aromatic rings. The van der Waals surface area contributed by atoms with Crippen molar-refractivity contribution >= 4 is 17.1 Å². The third-order valence-corrected chi connectivity index (χ3v) is 4.07. The first kappa shape index (κ1) is 14.6. The number of hydrazine groups is 2. The number of para-hydroxylation sites is 1. The number of aromatic nitrogens is 1. The topological polar surface area (TPSA) is 79.3 Å². The lowest BCUT2D eigenvalue weighted by Crippen LogP contribution is -2.41. The number of nitrogens with two attached hydrogens (primary N) is 1. The minimum atomic E-state index is 0.346. The van der Waals surface area contributed by atoms with Gasteiger partial charge in [0.2, 0.25) is 5.89 Å². The molecule has 6 nitrogen and oxygen atoms in total. The molecule has 2 heterocycles. The van der Waals surface area contributed by atoms with Crippen LogP contribution in [0.5, 0.6) is 0 Å². The molecule has 4 N–H and O–H groups in total. The van der Waals surface area contributed by atoms with E-state index in [1.165, 1.54) is 0 Å². The van der Waals surface area contributed by atoms with Gasteiger partial charge in [-0.3, -0.25) is 5.01 Å². The standard InChI is InChI=1S/C18H19N5O/c1-11(2)23-17-8-7-12(9-15(17)21-22-23)18-20-16(10-24-18)13-5-3-4-6-14(13)19/h3-11,21-22H,19H2,1-2H3. The Morgan fingerprint density at radius 2 is 2.00 bits per heavy atom. The molecular formula is C18H19N5O. The maximum absolute atomic E-state index is 6.01. The van der Waals surface area contributed by atoms with E-state index in [0.717, 1.165) is 28.2 Å². The summed E-state index contributed by atoms with van der Waals surface area (Å²) in [5.41, 5.74) is 17.7. The number of oxazole rings is 1. The quantitative estimate of drug-likeness (QED) is 0.639. The Kier molecular flexibility index (Phi) is 3.39. The van der Waals surface area contributed by atoms with Crippen molar-refractivity contribution in [3.8, 4) is 22.7 Å². The average Bonchev–Trinajstić information content (AvgIpc) is 3.21. The normalized spacial score (nSPS) is 13.2. The van der Waals surface area contributed by atoms with Crippen LogP contribution in [0.15, 0.2) is 53.1 Å². The first-order chi connectivity index (χ1) is 11.6. The van der Waals surface area contributed by atoms with Gasteiger partial charge < -0.3 is 15.6 Å². The molecule has 122 valence electrons. The minimum Gasteiger partial charge on any atom is -0.444 e. The van der Waals surface area contributed by atoms with Crippen LogP contribution >= 0.6 is 0 Å². The summed E-state index contributed by atoms with van der Waals surface area (Å²) in [6, 6.07) is 14.1. The van der Waals surface area contributed by atoms with Crippen molar-refractivity contribution < 1.29 is 4.42 Å². The maximum Gasteiger partial charge on any atom is 0.226 e. The molecule has 1 aliphatic heterocycles. The number of fused-ring (bicyclic) bond motifs is 1. The number of rotatable bonds is 3. The van der Waals surface area contributed by atoms with E-state index in [9.17, 15) is 0 Å². The van der Waals surface area contributed by atoms with E-state index in [0.29, 0.717) is 17.6 Å². The Bertz CT molecular complexity index is 887. The van der Waals surface area contributed by atoms with Gasteiger partial charge in [0.15, 0.2) is 0 Å². The van der Waals surface area contributed by atoms with Crippen LogP contribution in [-0.4, -0.2) is 11.0 Å². The highest BCUT2D eigenvalue weighted by molar-refractivity contribution is 5.79. The molecule has 0 saturated heterocycles. The van der Waals surface area contributed by atoms with Gasteiger partial charge in [-0.25, -0.2) is 4.98 Å². The molecule has 4 rings (SSSR count). The fraction of sp³-hybridized carbons (Fsp3) is 0.167. The lowest BCUT2D eigenvalue weighted by atomic mass is 10.1. The van der Waals surface area contributed by atoms with Crippen molar-refractivity contribution in [2.75, 3.05) is 16.2 Å². The summed E-state index contributed by atoms with van der Waals surface area (Å²) in [6.45, 7) is 4.25. The molecule has 6 heteroatoms. The number of nitrogens with zero attached hydrogens (tertiary/aromatic N) is 2. The lowest BCUT2D eigenvalue weighted by Gasteiger charge is -2.21. The van der Waals surface area contributed by atoms with Crippen LogP contribution in [0, 0.1) is 0 Å². The minimum absolute atomic E-state index is 0.346. The third kappa shape index (κ3) is 2.37. The molecule has 0 amide bonds. The molecule has 0 radical (unpaired) electrons. The molecule has 0 aliphatic carbocycles. The van der Waals surface area contributed by atoms with Crippen molar-refractivity contribution in [1.82, 2.24) is 10.5 Å². The van der Waals surface area contributed by atoms with Crippen LogP contribution in [0.3, 0.4) is 0 Å². The van der Waals surface area contributed by atoms with Crippen molar-refractivity contribution in [3.63, 3.8) is 0 Å². The van der Waals surface area contributed by atoms with Crippen LogP contribution in [0.2, 0.25) is 0 Å². The Labute approximate surface area is 140 Å². The summed E-state index contributed by atoms with van der Waals surface area (Å²) in [4.78, 5) is 4.58. The van der Waals surface area contributed by atoms with Crippen molar-refractivity contribution in [2.24, 2.45) is 0 Å². The number of anilines is 3.